The van der Waals surface area contributed by atoms with Crippen LogP contribution in [0.15, 0.2) is 12.2 Å². The molecule has 0 heterocycles. The van der Waals surface area contributed by atoms with Gasteiger partial charge in [-0.15, -0.1) is 0 Å². The molecular formula is C12H22O7. The van der Waals surface area contributed by atoms with E-state index in [1.165, 1.54) is 0 Å². The molecule has 4 atom stereocenters. The monoisotopic (exact) mass is 278 g/mol. The lowest BCUT2D eigenvalue weighted by Crippen LogP contribution is -2.45. The fraction of sp³-hybridized carbons (Fsp3) is 0.750. The van der Waals surface area contributed by atoms with Gasteiger partial charge in [-0.3, -0.25) is 0 Å². The van der Waals surface area contributed by atoms with Crippen LogP contribution in [0.2, 0.25) is 0 Å². The molecule has 7 heteroatoms. The molecule has 0 aliphatic heterocycles. The summed E-state index contributed by atoms with van der Waals surface area (Å²) in [5.74, 6) is -0.712. The van der Waals surface area contributed by atoms with Gasteiger partial charge in [0.15, 0.2) is 0 Å². The van der Waals surface area contributed by atoms with Crippen LogP contribution in [0.5, 0.6) is 0 Å². The highest BCUT2D eigenvalue weighted by Gasteiger charge is 2.28. The van der Waals surface area contributed by atoms with Crippen molar-refractivity contribution in [2.75, 3.05) is 6.61 Å². The molecule has 7 nitrogen and oxygen atoms in total. The summed E-state index contributed by atoms with van der Waals surface area (Å²) in [4.78, 5) is 11.3. The third-order valence-electron chi connectivity index (χ3n) is 2.12. The Kier molecular flexibility index (Phi) is 7.17. The number of aliphatic hydroxyl groups is 5. The smallest absolute Gasteiger partial charge is 0.331 e. The van der Waals surface area contributed by atoms with Crippen LogP contribution < -0.4 is 0 Å². The van der Waals surface area contributed by atoms with Gasteiger partial charge in [-0.25, -0.2) is 4.79 Å². The summed E-state index contributed by atoms with van der Waals surface area (Å²) in [6, 6.07) is 0. The summed E-state index contributed by atoms with van der Waals surface area (Å²) >= 11 is 0. The van der Waals surface area contributed by atoms with Gasteiger partial charge < -0.3 is 30.3 Å². The molecule has 0 amide bonds. The number of ether oxygens (including phenoxy) is 1. The molecule has 0 radical (unpaired) electrons. The highest BCUT2D eigenvalue weighted by Crippen LogP contribution is 2.09. The van der Waals surface area contributed by atoms with Gasteiger partial charge in [0.05, 0.1) is 6.61 Å². The van der Waals surface area contributed by atoms with Crippen LogP contribution in [0, 0.1) is 0 Å². The Bertz CT molecular complexity index is 308. The molecule has 0 aliphatic rings. The maximum atomic E-state index is 11.3. The Morgan fingerprint density at radius 1 is 1.16 bits per heavy atom. The molecule has 0 saturated heterocycles. The van der Waals surface area contributed by atoms with Gasteiger partial charge >= 0.3 is 5.97 Å². The maximum Gasteiger partial charge on any atom is 0.331 e. The second kappa shape index (κ2) is 7.56. The van der Waals surface area contributed by atoms with Gasteiger partial charge in [0, 0.05) is 6.08 Å². The summed E-state index contributed by atoms with van der Waals surface area (Å²) in [7, 11) is 0. The molecule has 0 spiro atoms. The van der Waals surface area contributed by atoms with Gasteiger partial charge in [0.25, 0.3) is 0 Å². The number of esters is 1. The van der Waals surface area contributed by atoms with E-state index < -0.39 is 42.6 Å². The summed E-state index contributed by atoms with van der Waals surface area (Å²) in [5.41, 5.74) is -0.683. The topological polar surface area (TPSA) is 127 Å². The van der Waals surface area contributed by atoms with Crippen LogP contribution >= 0.6 is 0 Å². The summed E-state index contributed by atoms with van der Waals surface area (Å²) in [6.07, 6.45) is -4.78. The van der Waals surface area contributed by atoms with Crippen LogP contribution in [-0.2, 0) is 9.53 Å². The summed E-state index contributed by atoms with van der Waals surface area (Å²) in [5, 5.41) is 46.0. The SMILES string of the molecule is CC(C)(C)OC(=O)/C=C/C(O)C(O)[C@H](O)C(O)CO. The van der Waals surface area contributed by atoms with Gasteiger partial charge in [-0.2, -0.15) is 0 Å². The van der Waals surface area contributed by atoms with E-state index in [1.54, 1.807) is 20.8 Å². The molecule has 0 aromatic rings. The minimum absolute atomic E-state index is 0.683. The highest BCUT2D eigenvalue weighted by atomic mass is 16.6. The van der Waals surface area contributed by atoms with Crippen molar-refractivity contribution in [2.24, 2.45) is 0 Å². The molecule has 0 bridgehead atoms. The zero-order valence-corrected chi connectivity index (χ0v) is 11.2. The normalized spacial score (nSPS) is 18.9. The molecule has 0 saturated carbocycles. The zero-order chi connectivity index (χ0) is 15.2. The Morgan fingerprint density at radius 2 is 1.68 bits per heavy atom. The first-order valence-electron chi connectivity index (χ1n) is 5.82. The summed E-state index contributed by atoms with van der Waals surface area (Å²) < 4.78 is 4.93. The van der Waals surface area contributed by atoms with Crippen molar-refractivity contribution in [3.63, 3.8) is 0 Å². The van der Waals surface area contributed by atoms with Crippen LogP contribution in [0.4, 0.5) is 0 Å². The second-order valence-corrected chi connectivity index (χ2v) is 5.11. The fourth-order valence-corrected chi connectivity index (χ4v) is 1.16. The number of carbonyl (C=O) groups is 1. The first-order valence-corrected chi connectivity index (χ1v) is 5.82. The standard InChI is InChI=1S/C12H22O7/c1-12(2,3)19-9(16)5-4-7(14)10(17)11(18)8(15)6-13/h4-5,7-8,10-11,13-15,17-18H,6H2,1-3H3/b5-4+/t7?,8?,10?,11-/m1/s1. The zero-order valence-electron chi connectivity index (χ0n) is 11.2. The molecule has 0 aromatic heterocycles. The molecule has 5 N–H and O–H groups in total. The molecular weight excluding hydrogens is 256 g/mol. The van der Waals surface area contributed by atoms with Crippen LogP contribution in [0.1, 0.15) is 20.8 Å². The average Bonchev–Trinajstić information content (AvgIpc) is 2.30. The van der Waals surface area contributed by atoms with Crippen molar-refractivity contribution in [3.05, 3.63) is 12.2 Å². The molecule has 0 aliphatic carbocycles. The molecule has 19 heavy (non-hydrogen) atoms. The van der Waals surface area contributed by atoms with Crippen molar-refractivity contribution in [2.45, 2.75) is 50.8 Å². The summed E-state index contributed by atoms with van der Waals surface area (Å²) in [6.45, 7) is 4.25. The Hall–Kier alpha value is -0.990. The first kappa shape index (κ1) is 18.0. The minimum Gasteiger partial charge on any atom is -0.457 e. The van der Waals surface area contributed by atoms with Crippen LogP contribution in [0.3, 0.4) is 0 Å². The number of carbonyl (C=O) groups excluding carboxylic acids is 1. The van der Waals surface area contributed by atoms with Gasteiger partial charge in [0.1, 0.15) is 30.0 Å². The van der Waals surface area contributed by atoms with Crippen LogP contribution in [0.25, 0.3) is 0 Å². The van der Waals surface area contributed by atoms with E-state index in [-0.39, 0.29) is 0 Å². The fourth-order valence-electron chi connectivity index (χ4n) is 1.16. The van der Waals surface area contributed by atoms with E-state index in [9.17, 15) is 20.1 Å². The average molecular weight is 278 g/mol. The van der Waals surface area contributed by atoms with Crippen molar-refractivity contribution in [3.8, 4) is 0 Å². The highest BCUT2D eigenvalue weighted by molar-refractivity contribution is 5.82. The molecule has 0 rings (SSSR count). The van der Waals surface area contributed by atoms with Crippen molar-refractivity contribution in [1.82, 2.24) is 0 Å². The molecule has 112 valence electrons. The van der Waals surface area contributed by atoms with E-state index in [0.717, 1.165) is 12.2 Å². The number of rotatable bonds is 6. The lowest BCUT2D eigenvalue weighted by molar-refractivity contribution is -0.148. The Labute approximate surface area is 111 Å². The van der Waals surface area contributed by atoms with E-state index in [2.05, 4.69) is 0 Å². The van der Waals surface area contributed by atoms with Crippen molar-refractivity contribution < 1.29 is 35.1 Å². The second-order valence-electron chi connectivity index (χ2n) is 5.11. The van der Waals surface area contributed by atoms with Crippen LogP contribution in [-0.4, -0.2) is 68.1 Å². The minimum atomic E-state index is -1.74. The number of hydrogen-bond acceptors (Lipinski definition) is 7. The van der Waals surface area contributed by atoms with E-state index in [4.69, 9.17) is 14.9 Å². The van der Waals surface area contributed by atoms with Gasteiger partial charge in [-0.05, 0) is 26.8 Å². The first-order chi connectivity index (χ1) is 8.58. The predicted molar refractivity (Wildman–Crippen MR) is 66.1 cm³/mol. The third-order valence-corrected chi connectivity index (χ3v) is 2.12. The largest absolute Gasteiger partial charge is 0.457 e. The van der Waals surface area contributed by atoms with E-state index in [0.29, 0.717) is 0 Å². The van der Waals surface area contributed by atoms with Crippen molar-refractivity contribution >= 4 is 5.97 Å². The van der Waals surface area contributed by atoms with Gasteiger partial charge in [0.2, 0.25) is 0 Å². The molecule has 0 aromatic carbocycles. The Morgan fingerprint density at radius 3 is 2.11 bits per heavy atom. The predicted octanol–water partition coefficient (Wildman–Crippen LogP) is -1.68. The van der Waals surface area contributed by atoms with Gasteiger partial charge in [-0.1, -0.05) is 0 Å². The Balaban J connectivity index is 4.43. The third kappa shape index (κ3) is 7.24. The maximum absolute atomic E-state index is 11.3. The molecule has 3 unspecified atom stereocenters. The lowest BCUT2D eigenvalue weighted by Gasteiger charge is -2.24. The number of aliphatic hydroxyl groups excluding tert-OH is 5. The van der Waals surface area contributed by atoms with E-state index >= 15 is 0 Å². The van der Waals surface area contributed by atoms with E-state index in [1.807, 2.05) is 0 Å². The quantitative estimate of drug-likeness (QED) is 0.290. The molecule has 0 fully saturated rings. The number of hydrogen-bond donors (Lipinski definition) is 5. The lowest BCUT2D eigenvalue weighted by atomic mass is 10.0. The van der Waals surface area contributed by atoms with Crippen molar-refractivity contribution in [1.29, 1.82) is 0 Å².